The van der Waals surface area contributed by atoms with Gasteiger partial charge in [0.15, 0.2) is 0 Å². The van der Waals surface area contributed by atoms with Gasteiger partial charge in [-0.15, -0.1) is 0 Å². The van der Waals surface area contributed by atoms with Crippen LogP contribution in [0.15, 0.2) is 17.0 Å². The molecule has 0 aliphatic heterocycles. The molecule has 0 amide bonds. The summed E-state index contributed by atoms with van der Waals surface area (Å²) in [4.78, 5) is 0.163. The maximum Gasteiger partial charge on any atom is 0.240 e. The quantitative estimate of drug-likeness (QED) is 0.737. The molecule has 1 saturated carbocycles. The van der Waals surface area contributed by atoms with Crippen molar-refractivity contribution in [3.63, 3.8) is 0 Å². The normalized spacial score (nSPS) is 23.8. The zero-order chi connectivity index (χ0) is 14.9. The maximum absolute atomic E-state index is 12.4. The molecule has 20 heavy (non-hydrogen) atoms. The SMILES string of the molecule is Cc1cc(S(=O)(=O)N[C@@H]2CCCC[C@H]2O)cc(N)c1C. The van der Waals surface area contributed by atoms with Crippen LogP contribution in [0.5, 0.6) is 0 Å². The van der Waals surface area contributed by atoms with Crippen LogP contribution >= 0.6 is 0 Å². The lowest BCUT2D eigenvalue weighted by Gasteiger charge is -2.28. The molecule has 112 valence electrons. The second kappa shape index (κ2) is 5.71. The van der Waals surface area contributed by atoms with E-state index in [9.17, 15) is 13.5 Å². The predicted octanol–water partition coefficient (Wildman–Crippen LogP) is 1.47. The second-order valence-corrected chi connectivity index (χ2v) is 7.25. The van der Waals surface area contributed by atoms with Gasteiger partial charge in [-0.05, 0) is 49.9 Å². The highest BCUT2D eigenvalue weighted by molar-refractivity contribution is 7.89. The van der Waals surface area contributed by atoms with Crippen molar-refractivity contribution >= 4 is 15.7 Å². The van der Waals surface area contributed by atoms with E-state index in [-0.39, 0.29) is 4.90 Å². The van der Waals surface area contributed by atoms with E-state index in [2.05, 4.69) is 4.72 Å². The zero-order valence-electron chi connectivity index (χ0n) is 11.9. The highest BCUT2D eigenvalue weighted by Gasteiger charge is 2.28. The first-order valence-corrected chi connectivity index (χ1v) is 8.36. The van der Waals surface area contributed by atoms with E-state index < -0.39 is 22.2 Å². The number of sulfonamides is 1. The average Bonchev–Trinajstić information content (AvgIpc) is 2.38. The zero-order valence-corrected chi connectivity index (χ0v) is 12.7. The van der Waals surface area contributed by atoms with Crippen LogP contribution in [0.3, 0.4) is 0 Å². The lowest BCUT2D eigenvalue weighted by Crippen LogP contribution is -2.44. The number of anilines is 1. The van der Waals surface area contributed by atoms with Gasteiger partial charge in [-0.25, -0.2) is 13.1 Å². The fourth-order valence-corrected chi connectivity index (χ4v) is 3.95. The molecule has 1 aromatic rings. The number of aliphatic hydroxyl groups is 1. The second-order valence-electron chi connectivity index (χ2n) is 5.53. The van der Waals surface area contributed by atoms with E-state index in [1.807, 2.05) is 13.8 Å². The van der Waals surface area contributed by atoms with Crippen molar-refractivity contribution < 1.29 is 13.5 Å². The van der Waals surface area contributed by atoms with Gasteiger partial charge in [-0.1, -0.05) is 12.8 Å². The Morgan fingerprint density at radius 3 is 2.50 bits per heavy atom. The first-order chi connectivity index (χ1) is 9.31. The Balaban J connectivity index is 2.26. The molecule has 0 bridgehead atoms. The number of nitrogen functional groups attached to an aromatic ring is 1. The van der Waals surface area contributed by atoms with Gasteiger partial charge in [-0.3, -0.25) is 0 Å². The molecule has 6 heteroatoms. The summed E-state index contributed by atoms with van der Waals surface area (Å²) in [5.41, 5.74) is 8.04. The smallest absolute Gasteiger partial charge is 0.240 e. The summed E-state index contributed by atoms with van der Waals surface area (Å²) in [5, 5.41) is 9.88. The van der Waals surface area contributed by atoms with Gasteiger partial charge >= 0.3 is 0 Å². The Bertz CT molecular complexity index is 575. The summed E-state index contributed by atoms with van der Waals surface area (Å²) in [6.07, 6.45) is 2.57. The minimum atomic E-state index is -3.64. The van der Waals surface area contributed by atoms with Crippen molar-refractivity contribution in [3.8, 4) is 0 Å². The molecule has 2 atom stereocenters. The number of nitrogens with one attached hydrogen (secondary N) is 1. The van der Waals surface area contributed by atoms with Crippen molar-refractivity contribution in [2.45, 2.75) is 56.6 Å². The van der Waals surface area contributed by atoms with E-state index in [1.54, 1.807) is 6.07 Å². The molecule has 0 heterocycles. The number of hydrogen-bond acceptors (Lipinski definition) is 4. The number of nitrogens with two attached hydrogens (primary N) is 1. The summed E-state index contributed by atoms with van der Waals surface area (Å²) in [5.74, 6) is 0. The molecular formula is C14H22N2O3S. The predicted molar refractivity (Wildman–Crippen MR) is 78.9 cm³/mol. The number of benzene rings is 1. The summed E-state index contributed by atoms with van der Waals surface area (Å²) < 4.78 is 27.4. The molecule has 0 aromatic heterocycles. The topological polar surface area (TPSA) is 92.4 Å². The van der Waals surface area contributed by atoms with Crippen molar-refractivity contribution in [3.05, 3.63) is 23.3 Å². The molecule has 1 aliphatic rings. The Morgan fingerprint density at radius 1 is 1.25 bits per heavy atom. The largest absolute Gasteiger partial charge is 0.398 e. The molecule has 1 aromatic carbocycles. The highest BCUT2D eigenvalue weighted by atomic mass is 32.2. The van der Waals surface area contributed by atoms with Gasteiger partial charge in [0.05, 0.1) is 11.0 Å². The summed E-state index contributed by atoms with van der Waals surface area (Å²) in [7, 11) is -3.64. The highest BCUT2D eigenvalue weighted by Crippen LogP contribution is 2.24. The Kier molecular flexibility index (Phi) is 4.36. The standard InChI is InChI=1S/C14H22N2O3S/c1-9-7-11(8-12(15)10(9)2)20(18,19)16-13-5-3-4-6-14(13)17/h7-8,13-14,16-17H,3-6,15H2,1-2H3/t13-,14-/m1/s1. The number of aryl methyl sites for hydroxylation is 1. The minimum absolute atomic E-state index is 0.163. The van der Waals surface area contributed by atoms with Crippen LogP contribution in [-0.2, 0) is 10.0 Å². The fourth-order valence-electron chi connectivity index (χ4n) is 2.52. The van der Waals surface area contributed by atoms with E-state index >= 15 is 0 Å². The molecule has 2 rings (SSSR count). The fraction of sp³-hybridized carbons (Fsp3) is 0.571. The first kappa shape index (κ1) is 15.3. The summed E-state index contributed by atoms with van der Waals surface area (Å²) >= 11 is 0. The third-order valence-corrected chi connectivity index (χ3v) is 5.50. The number of rotatable bonds is 3. The third-order valence-electron chi connectivity index (χ3n) is 4.03. The van der Waals surface area contributed by atoms with Gasteiger partial charge < -0.3 is 10.8 Å². The Labute approximate surface area is 120 Å². The van der Waals surface area contributed by atoms with Crippen LogP contribution in [0.25, 0.3) is 0 Å². The molecule has 0 spiro atoms. The van der Waals surface area contributed by atoms with Crippen LogP contribution in [-0.4, -0.2) is 25.7 Å². The van der Waals surface area contributed by atoms with E-state index in [4.69, 9.17) is 5.73 Å². The molecule has 0 saturated heterocycles. The molecule has 0 unspecified atom stereocenters. The minimum Gasteiger partial charge on any atom is -0.398 e. The lowest BCUT2D eigenvalue weighted by atomic mass is 9.93. The third kappa shape index (κ3) is 3.13. The van der Waals surface area contributed by atoms with Crippen LogP contribution < -0.4 is 10.5 Å². The first-order valence-electron chi connectivity index (χ1n) is 6.88. The van der Waals surface area contributed by atoms with Gasteiger partial charge in [0, 0.05) is 11.7 Å². The van der Waals surface area contributed by atoms with Crippen molar-refractivity contribution in [2.75, 3.05) is 5.73 Å². The monoisotopic (exact) mass is 298 g/mol. The van der Waals surface area contributed by atoms with Crippen LogP contribution in [0.1, 0.15) is 36.8 Å². The van der Waals surface area contributed by atoms with Gasteiger partial charge in [0.2, 0.25) is 10.0 Å². The van der Waals surface area contributed by atoms with Gasteiger partial charge in [-0.2, -0.15) is 0 Å². The maximum atomic E-state index is 12.4. The molecule has 1 aliphatic carbocycles. The van der Waals surface area contributed by atoms with E-state index in [0.717, 1.165) is 24.0 Å². The van der Waals surface area contributed by atoms with Crippen LogP contribution in [0, 0.1) is 13.8 Å². The van der Waals surface area contributed by atoms with Gasteiger partial charge in [0.1, 0.15) is 0 Å². The Morgan fingerprint density at radius 2 is 1.90 bits per heavy atom. The molecule has 1 fully saturated rings. The van der Waals surface area contributed by atoms with Crippen molar-refractivity contribution in [1.82, 2.24) is 4.72 Å². The summed E-state index contributed by atoms with van der Waals surface area (Å²) in [6, 6.07) is 2.68. The number of aliphatic hydroxyl groups excluding tert-OH is 1. The molecule has 0 radical (unpaired) electrons. The lowest BCUT2D eigenvalue weighted by molar-refractivity contribution is 0.101. The molecular weight excluding hydrogens is 276 g/mol. The average molecular weight is 298 g/mol. The number of hydrogen-bond donors (Lipinski definition) is 3. The summed E-state index contributed by atoms with van der Waals surface area (Å²) in [6.45, 7) is 3.69. The van der Waals surface area contributed by atoms with E-state index in [1.165, 1.54) is 6.07 Å². The molecule has 5 nitrogen and oxygen atoms in total. The van der Waals surface area contributed by atoms with Crippen LogP contribution in [0.4, 0.5) is 5.69 Å². The van der Waals surface area contributed by atoms with Crippen molar-refractivity contribution in [2.24, 2.45) is 0 Å². The van der Waals surface area contributed by atoms with Gasteiger partial charge in [0.25, 0.3) is 0 Å². The van der Waals surface area contributed by atoms with E-state index in [0.29, 0.717) is 18.5 Å². The van der Waals surface area contributed by atoms with Crippen LogP contribution in [0.2, 0.25) is 0 Å². The Hall–Kier alpha value is -1.11. The van der Waals surface area contributed by atoms with Crippen molar-refractivity contribution in [1.29, 1.82) is 0 Å². The molecule has 4 N–H and O–H groups in total.